The molecule has 0 aliphatic heterocycles. The molecule has 1 aromatic rings. The van der Waals surface area contributed by atoms with Crippen molar-refractivity contribution in [2.24, 2.45) is 0 Å². The quantitative estimate of drug-likeness (QED) is 0.810. The number of likely N-dealkylation sites (N-methyl/N-ethyl adjacent to an activating group) is 1. The highest BCUT2D eigenvalue weighted by Crippen LogP contribution is 2.30. The Labute approximate surface area is 92.2 Å². The first kappa shape index (κ1) is 12.2. The van der Waals surface area contributed by atoms with Crippen LogP contribution in [0.2, 0.25) is 5.02 Å². The molecule has 15 heavy (non-hydrogen) atoms. The fourth-order valence-corrected chi connectivity index (χ4v) is 1.51. The van der Waals surface area contributed by atoms with E-state index in [1.165, 1.54) is 13.2 Å². The largest absolute Gasteiger partial charge is 0.493 e. The summed E-state index contributed by atoms with van der Waals surface area (Å²) in [5, 5.41) is 2.68. The van der Waals surface area contributed by atoms with Crippen molar-refractivity contribution < 1.29 is 13.5 Å². The predicted octanol–water partition coefficient (Wildman–Crippen LogP) is 2.39. The summed E-state index contributed by atoms with van der Waals surface area (Å²) in [6.07, 6.45) is 0.524. The predicted molar refractivity (Wildman–Crippen MR) is 55.6 cm³/mol. The monoisotopic (exact) mass is 235 g/mol. The summed E-state index contributed by atoms with van der Waals surface area (Å²) in [6.45, 7) is 0.637. The molecule has 0 saturated carbocycles. The van der Waals surface area contributed by atoms with Crippen molar-refractivity contribution in [3.05, 3.63) is 28.3 Å². The van der Waals surface area contributed by atoms with E-state index in [0.29, 0.717) is 18.5 Å². The molecule has 0 fully saturated rings. The van der Waals surface area contributed by atoms with Crippen LogP contribution in [0.4, 0.5) is 8.78 Å². The van der Waals surface area contributed by atoms with E-state index in [9.17, 15) is 8.78 Å². The van der Waals surface area contributed by atoms with E-state index in [1.807, 2.05) is 0 Å². The van der Waals surface area contributed by atoms with Crippen LogP contribution in [0.15, 0.2) is 6.07 Å². The van der Waals surface area contributed by atoms with Crippen LogP contribution in [0.3, 0.4) is 0 Å². The summed E-state index contributed by atoms with van der Waals surface area (Å²) in [5.41, 5.74) is 0.552. The number of hydrogen-bond acceptors (Lipinski definition) is 2. The maximum Gasteiger partial charge on any atom is 0.202 e. The van der Waals surface area contributed by atoms with Gasteiger partial charge in [0.2, 0.25) is 5.82 Å². The molecule has 0 aliphatic rings. The summed E-state index contributed by atoms with van der Waals surface area (Å²) in [7, 11) is 3.07. The standard InChI is InChI=1S/C10H12ClF2NO/c1-14-4-3-6-5-7(11)8(12)9(13)10(6)15-2/h5,14H,3-4H2,1-2H3. The molecule has 5 heteroatoms. The van der Waals surface area contributed by atoms with E-state index in [4.69, 9.17) is 16.3 Å². The Morgan fingerprint density at radius 3 is 2.60 bits per heavy atom. The molecule has 2 nitrogen and oxygen atoms in total. The molecular formula is C10H12ClF2NO. The van der Waals surface area contributed by atoms with Crippen molar-refractivity contribution >= 4 is 11.6 Å². The maximum atomic E-state index is 13.3. The van der Waals surface area contributed by atoms with Crippen molar-refractivity contribution in [2.45, 2.75) is 6.42 Å². The first-order valence-corrected chi connectivity index (χ1v) is 4.84. The number of hydrogen-bond donors (Lipinski definition) is 1. The lowest BCUT2D eigenvalue weighted by molar-refractivity contribution is 0.367. The summed E-state index contributed by atoms with van der Waals surface area (Å²) < 4.78 is 31.2. The van der Waals surface area contributed by atoms with Crippen molar-refractivity contribution in [3.8, 4) is 5.75 Å². The molecule has 1 N–H and O–H groups in total. The van der Waals surface area contributed by atoms with Gasteiger partial charge in [0.1, 0.15) is 0 Å². The van der Waals surface area contributed by atoms with Crippen molar-refractivity contribution in [1.82, 2.24) is 5.32 Å². The van der Waals surface area contributed by atoms with E-state index in [1.54, 1.807) is 7.05 Å². The molecule has 0 aliphatic carbocycles. The highest BCUT2D eigenvalue weighted by molar-refractivity contribution is 6.30. The number of halogens is 3. The molecular weight excluding hydrogens is 224 g/mol. The zero-order chi connectivity index (χ0) is 11.4. The third kappa shape index (κ3) is 2.58. The van der Waals surface area contributed by atoms with Crippen LogP contribution < -0.4 is 10.1 Å². The number of nitrogens with one attached hydrogen (secondary N) is 1. The molecule has 1 rings (SSSR count). The van der Waals surface area contributed by atoms with Crippen molar-refractivity contribution in [3.63, 3.8) is 0 Å². The Morgan fingerprint density at radius 2 is 2.07 bits per heavy atom. The lowest BCUT2D eigenvalue weighted by Gasteiger charge is -2.10. The Morgan fingerprint density at radius 1 is 1.40 bits per heavy atom. The molecule has 1 aromatic carbocycles. The number of ether oxygens (including phenoxy) is 1. The summed E-state index contributed by atoms with van der Waals surface area (Å²) in [6, 6.07) is 1.39. The first-order chi connectivity index (χ1) is 7.11. The summed E-state index contributed by atoms with van der Waals surface area (Å²) >= 11 is 5.54. The lowest BCUT2D eigenvalue weighted by Crippen LogP contribution is -2.11. The van der Waals surface area contributed by atoms with Crippen molar-refractivity contribution in [2.75, 3.05) is 20.7 Å². The highest BCUT2D eigenvalue weighted by atomic mass is 35.5. The van der Waals surface area contributed by atoms with Gasteiger partial charge in [-0.2, -0.15) is 4.39 Å². The summed E-state index contributed by atoms with van der Waals surface area (Å²) in [4.78, 5) is 0. The van der Waals surface area contributed by atoms with E-state index in [2.05, 4.69) is 5.32 Å². The van der Waals surface area contributed by atoms with Gasteiger partial charge in [-0.3, -0.25) is 0 Å². The van der Waals surface area contributed by atoms with E-state index >= 15 is 0 Å². The zero-order valence-electron chi connectivity index (χ0n) is 8.53. The van der Waals surface area contributed by atoms with Crippen LogP contribution >= 0.6 is 11.6 Å². The van der Waals surface area contributed by atoms with Gasteiger partial charge in [-0.1, -0.05) is 11.6 Å². The van der Waals surface area contributed by atoms with Crippen LogP contribution in [-0.4, -0.2) is 20.7 Å². The Balaban J connectivity index is 3.13. The van der Waals surface area contributed by atoms with E-state index < -0.39 is 11.6 Å². The number of benzene rings is 1. The molecule has 0 radical (unpaired) electrons. The Bertz CT molecular complexity index is 358. The van der Waals surface area contributed by atoms with Crippen LogP contribution in [0, 0.1) is 11.6 Å². The molecule has 0 amide bonds. The average Bonchev–Trinajstić information content (AvgIpc) is 2.23. The maximum absolute atomic E-state index is 13.3. The van der Waals surface area contributed by atoms with Gasteiger partial charge in [0.05, 0.1) is 12.1 Å². The van der Waals surface area contributed by atoms with Crippen molar-refractivity contribution in [1.29, 1.82) is 0 Å². The minimum atomic E-state index is -1.07. The van der Waals surface area contributed by atoms with Gasteiger partial charge in [-0.15, -0.1) is 0 Å². The normalized spacial score (nSPS) is 10.5. The van der Waals surface area contributed by atoms with E-state index in [-0.39, 0.29) is 10.8 Å². The fourth-order valence-electron chi connectivity index (χ4n) is 1.29. The smallest absolute Gasteiger partial charge is 0.202 e. The molecule has 0 heterocycles. The molecule has 0 saturated heterocycles. The Hall–Kier alpha value is -0.870. The molecule has 0 aromatic heterocycles. The van der Waals surface area contributed by atoms with Gasteiger partial charge in [0.15, 0.2) is 11.6 Å². The van der Waals surface area contributed by atoms with Gasteiger partial charge >= 0.3 is 0 Å². The summed E-state index contributed by atoms with van der Waals surface area (Å²) in [5.74, 6) is -2.18. The average molecular weight is 236 g/mol. The molecule has 84 valence electrons. The first-order valence-electron chi connectivity index (χ1n) is 4.46. The van der Waals surface area contributed by atoms with Gasteiger partial charge in [0.25, 0.3) is 0 Å². The third-order valence-corrected chi connectivity index (χ3v) is 2.32. The fraction of sp³-hybridized carbons (Fsp3) is 0.400. The second-order valence-corrected chi connectivity index (χ2v) is 3.44. The van der Waals surface area contributed by atoms with Crippen LogP contribution in [0.1, 0.15) is 5.56 Å². The van der Waals surface area contributed by atoms with Crippen LogP contribution in [-0.2, 0) is 6.42 Å². The molecule has 0 atom stereocenters. The minimum absolute atomic E-state index is 0.0767. The van der Waals surface area contributed by atoms with Gasteiger partial charge in [0, 0.05) is 5.56 Å². The topological polar surface area (TPSA) is 21.3 Å². The van der Waals surface area contributed by atoms with Gasteiger partial charge in [-0.05, 0) is 26.1 Å². The number of rotatable bonds is 4. The minimum Gasteiger partial charge on any atom is -0.493 e. The zero-order valence-corrected chi connectivity index (χ0v) is 9.29. The Kier molecular flexibility index (Phi) is 4.29. The van der Waals surface area contributed by atoms with Crippen LogP contribution in [0.25, 0.3) is 0 Å². The lowest BCUT2D eigenvalue weighted by atomic mass is 10.1. The number of methoxy groups -OCH3 is 1. The molecule has 0 bridgehead atoms. The third-order valence-electron chi connectivity index (χ3n) is 2.04. The second kappa shape index (κ2) is 5.28. The highest BCUT2D eigenvalue weighted by Gasteiger charge is 2.17. The molecule has 0 spiro atoms. The van der Waals surface area contributed by atoms with Crippen LogP contribution in [0.5, 0.6) is 5.75 Å². The van der Waals surface area contributed by atoms with Gasteiger partial charge in [-0.25, -0.2) is 4.39 Å². The molecule has 0 unspecified atom stereocenters. The SMILES string of the molecule is CNCCc1cc(Cl)c(F)c(F)c1OC. The van der Waals surface area contributed by atoms with Gasteiger partial charge < -0.3 is 10.1 Å². The second-order valence-electron chi connectivity index (χ2n) is 3.03. The van der Waals surface area contributed by atoms with E-state index in [0.717, 1.165) is 0 Å².